The van der Waals surface area contributed by atoms with Crippen molar-refractivity contribution in [2.24, 2.45) is 11.3 Å². The van der Waals surface area contributed by atoms with Crippen molar-refractivity contribution in [1.29, 1.82) is 0 Å². The van der Waals surface area contributed by atoms with E-state index in [2.05, 4.69) is 10.6 Å². The van der Waals surface area contributed by atoms with Crippen LogP contribution in [0.25, 0.3) is 0 Å². The van der Waals surface area contributed by atoms with Crippen LogP contribution in [0.3, 0.4) is 0 Å². The summed E-state index contributed by atoms with van der Waals surface area (Å²) in [5.74, 6) is 1.04. The van der Waals surface area contributed by atoms with E-state index in [9.17, 15) is 4.79 Å². The van der Waals surface area contributed by atoms with Gasteiger partial charge in [0.15, 0.2) is 0 Å². The number of hydrogen-bond donors (Lipinski definition) is 2. The first kappa shape index (κ1) is 17.4. The summed E-state index contributed by atoms with van der Waals surface area (Å²) in [6.07, 6.45) is 3.25. The van der Waals surface area contributed by atoms with Gasteiger partial charge in [-0.05, 0) is 49.9 Å². The molecule has 1 amide bonds. The zero-order valence-electron chi connectivity index (χ0n) is 12.7. The Labute approximate surface area is 142 Å². The molecule has 4 nitrogen and oxygen atoms in total. The monoisotopic (exact) mass is 344 g/mol. The Kier molecular flexibility index (Phi) is 5.59. The summed E-state index contributed by atoms with van der Waals surface area (Å²) in [6.45, 7) is 2.48. The third-order valence-corrected chi connectivity index (χ3v) is 5.19. The summed E-state index contributed by atoms with van der Waals surface area (Å²) in [4.78, 5) is 12.3. The Balaban J connectivity index is 0.00000176. The smallest absolute Gasteiger partial charge is 0.223 e. The van der Waals surface area contributed by atoms with Gasteiger partial charge in [-0.25, -0.2) is 0 Å². The molecular weight excluding hydrogens is 323 g/mol. The summed E-state index contributed by atoms with van der Waals surface area (Å²) in [6, 6.07) is 5.52. The Morgan fingerprint density at radius 3 is 2.86 bits per heavy atom. The molecule has 0 aromatic heterocycles. The average Bonchev–Trinajstić information content (AvgIpc) is 3.19. The van der Waals surface area contributed by atoms with E-state index in [1.54, 1.807) is 7.11 Å². The zero-order chi connectivity index (χ0) is 14.9. The minimum absolute atomic E-state index is 0. The summed E-state index contributed by atoms with van der Waals surface area (Å²) >= 11 is 6.19. The topological polar surface area (TPSA) is 50.4 Å². The van der Waals surface area contributed by atoms with Crippen molar-refractivity contribution in [2.45, 2.75) is 25.8 Å². The van der Waals surface area contributed by atoms with Gasteiger partial charge in [0.25, 0.3) is 0 Å². The van der Waals surface area contributed by atoms with Crippen molar-refractivity contribution >= 4 is 29.9 Å². The minimum atomic E-state index is 0. The highest BCUT2D eigenvalue weighted by Crippen LogP contribution is 2.58. The predicted octanol–water partition coefficient (Wildman–Crippen LogP) is 2.78. The Morgan fingerprint density at radius 2 is 2.18 bits per heavy atom. The van der Waals surface area contributed by atoms with Gasteiger partial charge in [0.05, 0.1) is 7.11 Å². The second kappa shape index (κ2) is 7.07. The molecule has 122 valence electrons. The molecule has 1 aliphatic heterocycles. The lowest BCUT2D eigenvalue weighted by Gasteiger charge is -2.23. The number of benzene rings is 1. The fourth-order valence-corrected chi connectivity index (χ4v) is 3.63. The van der Waals surface area contributed by atoms with Crippen molar-refractivity contribution in [3.63, 3.8) is 0 Å². The fourth-order valence-electron chi connectivity index (χ4n) is 3.40. The normalized spacial score (nSPS) is 21.8. The SMILES string of the molecule is COc1cccc(Cl)c1CNC(=O)C1CC12CCNCC2.Cl. The van der Waals surface area contributed by atoms with Crippen molar-refractivity contribution in [3.8, 4) is 5.75 Å². The van der Waals surface area contributed by atoms with Crippen molar-refractivity contribution in [2.75, 3.05) is 20.2 Å². The van der Waals surface area contributed by atoms with Crippen LogP contribution in [0.4, 0.5) is 0 Å². The fraction of sp³-hybridized carbons (Fsp3) is 0.562. The molecule has 1 atom stereocenters. The minimum Gasteiger partial charge on any atom is -0.496 e. The van der Waals surface area contributed by atoms with Crippen LogP contribution in [0.5, 0.6) is 5.75 Å². The van der Waals surface area contributed by atoms with E-state index >= 15 is 0 Å². The number of nitrogens with one attached hydrogen (secondary N) is 2. The Bertz CT molecular complexity index is 545. The standard InChI is InChI=1S/C16H21ClN2O2.ClH/c1-21-14-4-2-3-13(17)11(14)10-19-15(20)12-9-16(12)5-7-18-8-6-16;/h2-4,12,18H,5-10H2,1H3,(H,19,20);1H. The molecule has 0 bridgehead atoms. The van der Waals surface area contributed by atoms with Crippen LogP contribution in [0.2, 0.25) is 5.02 Å². The van der Waals surface area contributed by atoms with E-state index in [0.717, 1.165) is 43.7 Å². The van der Waals surface area contributed by atoms with Gasteiger partial charge < -0.3 is 15.4 Å². The molecule has 2 aliphatic rings. The van der Waals surface area contributed by atoms with Crippen LogP contribution in [0, 0.1) is 11.3 Å². The molecule has 1 aliphatic carbocycles. The van der Waals surface area contributed by atoms with E-state index in [-0.39, 0.29) is 29.6 Å². The first-order chi connectivity index (χ1) is 10.2. The predicted molar refractivity (Wildman–Crippen MR) is 89.7 cm³/mol. The second-order valence-corrected chi connectivity index (χ2v) is 6.41. The number of carbonyl (C=O) groups is 1. The van der Waals surface area contributed by atoms with E-state index < -0.39 is 0 Å². The van der Waals surface area contributed by atoms with Crippen LogP contribution < -0.4 is 15.4 Å². The second-order valence-electron chi connectivity index (χ2n) is 6.01. The highest BCUT2D eigenvalue weighted by Gasteiger charge is 2.57. The lowest BCUT2D eigenvalue weighted by molar-refractivity contribution is -0.123. The van der Waals surface area contributed by atoms with Crippen LogP contribution >= 0.6 is 24.0 Å². The number of amides is 1. The average molecular weight is 345 g/mol. The Hall–Kier alpha value is -0.970. The van der Waals surface area contributed by atoms with E-state index in [1.165, 1.54) is 0 Å². The van der Waals surface area contributed by atoms with Gasteiger partial charge in [-0.1, -0.05) is 17.7 Å². The molecule has 22 heavy (non-hydrogen) atoms. The number of halogens is 2. The summed E-state index contributed by atoms with van der Waals surface area (Å²) in [5.41, 5.74) is 1.11. The molecule has 1 saturated heterocycles. The number of piperidine rings is 1. The molecule has 0 radical (unpaired) electrons. The first-order valence-electron chi connectivity index (χ1n) is 7.46. The largest absolute Gasteiger partial charge is 0.496 e. The molecule has 1 unspecified atom stereocenters. The number of ether oxygens (including phenoxy) is 1. The molecule has 6 heteroatoms. The van der Waals surface area contributed by atoms with Crippen molar-refractivity contribution in [3.05, 3.63) is 28.8 Å². The van der Waals surface area contributed by atoms with Crippen LogP contribution in [0.15, 0.2) is 18.2 Å². The molecule has 1 spiro atoms. The van der Waals surface area contributed by atoms with Gasteiger partial charge in [-0.2, -0.15) is 0 Å². The molecule has 1 heterocycles. The zero-order valence-corrected chi connectivity index (χ0v) is 14.2. The van der Waals surface area contributed by atoms with Gasteiger partial charge in [-0.3, -0.25) is 4.79 Å². The highest BCUT2D eigenvalue weighted by molar-refractivity contribution is 6.31. The number of hydrogen-bond acceptors (Lipinski definition) is 3. The molecule has 1 saturated carbocycles. The van der Waals surface area contributed by atoms with Gasteiger partial charge in [0.1, 0.15) is 5.75 Å². The summed E-state index contributed by atoms with van der Waals surface area (Å²) in [5, 5.41) is 7.01. The number of rotatable bonds is 4. The highest BCUT2D eigenvalue weighted by atomic mass is 35.5. The van der Waals surface area contributed by atoms with Crippen molar-refractivity contribution in [1.82, 2.24) is 10.6 Å². The summed E-state index contributed by atoms with van der Waals surface area (Å²) in [7, 11) is 1.61. The third-order valence-electron chi connectivity index (χ3n) is 4.84. The van der Waals surface area contributed by atoms with E-state index in [0.29, 0.717) is 11.6 Å². The molecule has 1 aromatic carbocycles. The lowest BCUT2D eigenvalue weighted by atomic mass is 9.92. The molecule has 2 fully saturated rings. The van der Waals surface area contributed by atoms with Crippen LogP contribution in [0.1, 0.15) is 24.8 Å². The molecule has 3 rings (SSSR count). The van der Waals surface area contributed by atoms with Crippen LogP contribution in [-0.2, 0) is 11.3 Å². The Morgan fingerprint density at radius 1 is 1.45 bits per heavy atom. The third kappa shape index (κ3) is 3.34. The van der Waals surface area contributed by atoms with Crippen molar-refractivity contribution < 1.29 is 9.53 Å². The quantitative estimate of drug-likeness (QED) is 0.882. The van der Waals surface area contributed by atoms with Gasteiger partial charge in [-0.15, -0.1) is 12.4 Å². The molecular formula is C16H22Cl2N2O2. The van der Waals surface area contributed by atoms with Gasteiger partial charge in [0, 0.05) is 23.0 Å². The lowest BCUT2D eigenvalue weighted by Crippen LogP contribution is -2.33. The maximum Gasteiger partial charge on any atom is 0.223 e. The van der Waals surface area contributed by atoms with Crippen LogP contribution in [-0.4, -0.2) is 26.1 Å². The summed E-state index contributed by atoms with van der Waals surface area (Å²) < 4.78 is 5.30. The van der Waals surface area contributed by atoms with E-state index in [4.69, 9.17) is 16.3 Å². The first-order valence-corrected chi connectivity index (χ1v) is 7.84. The maximum atomic E-state index is 12.3. The van der Waals surface area contributed by atoms with Gasteiger partial charge in [0.2, 0.25) is 5.91 Å². The molecule has 1 aromatic rings. The van der Waals surface area contributed by atoms with E-state index in [1.807, 2.05) is 18.2 Å². The number of carbonyl (C=O) groups excluding carboxylic acids is 1. The maximum absolute atomic E-state index is 12.3. The van der Waals surface area contributed by atoms with Gasteiger partial charge >= 0.3 is 0 Å². The molecule has 2 N–H and O–H groups in total. The number of methoxy groups -OCH3 is 1.